The van der Waals surface area contributed by atoms with Crippen molar-refractivity contribution < 1.29 is 18.0 Å². The standard InChI is InChI=1S/C22H24F3N7O.H2S/c1-12-20-18(31(4)14(3)21(33)28-20)9-19(27-12)26-10-15-11-32(30-29-15)13(2)16-7-5-6-8-17(16)22(23,24)25;/h5-9,11,13-14H,10H2,1-4H3,(H,26,27)(H,28,33);1H2/t13?,14-;/m0./s1. The molecule has 1 aliphatic heterocycles. The lowest BCUT2D eigenvalue weighted by Gasteiger charge is -2.34. The van der Waals surface area contributed by atoms with Gasteiger partial charge in [-0.2, -0.15) is 26.7 Å². The van der Waals surface area contributed by atoms with E-state index >= 15 is 0 Å². The van der Waals surface area contributed by atoms with E-state index in [1.807, 2.05) is 31.9 Å². The number of aryl methyl sites for hydroxylation is 1. The van der Waals surface area contributed by atoms with E-state index in [1.165, 1.54) is 16.8 Å². The fourth-order valence-corrected chi connectivity index (χ4v) is 3.82. The molecular formula is C22H26F3N7OS. The first-order valence-electron chi connectivity index (χ1n) is 10.4. The average molecular weight is 494 g/mol. The van der Waals surface area contributed by atoms with E-state index in [4.69, 9.17) is 0 Å². The lowest BCUT2D eigenvalue weighted by Crippen LogP contribution is -2.44. The van der Waals surface area contributed by atoms with Crippen LogP contribution in [0.5, 0.6) is 0 Å². The van der Waals surface area contributed by atoms with Gasteiger partial charge >= 0.3 is 6.18 Å². The van der Waals surface area contributed by atoms with Gasteiger partial charge in [0.15, 0.2) is 0 Å². The predicted octanol–water partition coefficient (Wildman–Crippen LogP) is 4.11. The van der Waals surface area contributed by atoms with Gasteiger partial charge in [0.05, 0.1) is 41.4 Å². The number of nitrogens with one attached hydrogen (secondary N) is 2. The molecule has 8 nitrogen and oxygen atoms in total. The lowest BCUT2D eigenvalue weighted by atomic mass is 10.0. The fraction of sp³-hybridized carbons (Fsp3) is 0.364. The van der Waals surface area contributed by atoms with E-state index in [9.17, 15) is 18.0 Å². The molecule has 3 heterocycles. The van der Waals surface area contributed by atoms with E-state index in [0.717, 1.165) is 11.8 Å². The van der Waals surface area contributed by atoms with Gasteiger partial charge in [0, 0.05) is 13.1 Å². The van der Waals surface area contributed by atoms with Crippen molar-refractivity contribution in [3.8, 4) is 0 Å². The number of alkyl halides is 3. The molecule has 0 saturated heterocycles. The molecular weight excluding hydrogens is 467 g/mol. The van der Waals surface area contributed by atoms with E-state index in [0.29, 0.717) is 22.9 Å². The molecule has 0 aliphatic carbocycles. The van der Waals surface area contributed by atoms with Crippen molar-refractivity contribution in [3.05, 3.63) is 59.0 Å². The normalized spacial score (nSPS) is 16.4. The molecule has 3 aromatic rings. The summed E-state index contributed by atoms with van der Waals surface area (Å²) < 4.78 is 41.5. The zero-order valence-corrected chi connectivity index (χ0v) is 20.1. The summed E-state index contributed by atoms with van der Waals surface area (Å²) in [6.07, 6.45) is -2.83. The summed E-state index contributed by atoms with van der Waals surface area (Å²) >= 11 is 0. The number of hydrogen-bond donors (Lipinski definition) is 2. The van der Waals surface area contributed by atoms with Crippen LogP contribution in [0.1, 0.15) is 42.4 Å². The Morgan fingerprint density at radius 3 is 2.68 bits per heavy atom. The Balaban J connectivity index is 0.00000324. The van der Waals surface area contributed by atoms with Crippen molar-refractivity contribution >= 4 is 36.6 Å². The Morgan fingerprint density at radius 2 is 1.97 bits per heavy atom. The molecule has 34 heavy (non-hydrogen) atoms. The number of anilines is 3. The van der Waals surface area contributed by atoms with Crippen molar-refractivity contribution in [3.63, 3.8) is 0 Å². The Kier molecular flexibility index (Phi) is 7.10. The molecule has 0 radical (unpaired) electrons. The predicted molar refractivity (Wildman–Crippen MR) is 128 cm³/mol. The van der Waals surface area contributed by atoms with Gasteiger partial charge in [0.1, 0.15) is 17.6 Å². The maximum absolute atomic E-state index is 13.4. The number of likely N-dealkylation sites (N-methyl/N-ethyl adjacent to an activating group) is 1. The van der Waals surface area contributed by atoms with Gasteiger partial charge in [-0.25, -0.2) is 9.67 Å². The molecule has 1 amide bonds. The maximum Gasteiger partial charge on any atom is 0.416 e. The number of nitrogens with zero attached hydrogens (tertiary/aromatic N) is 5. The number of halogens is 3. The molecule has 2 N–H and O–H groups in total. The van der Waals surface area contributed by atoms with Gasteiger partial charge in [-0.15, -0.1) is 5.10 Å². The second-order valence-electron chi connectivity index (χ2n) is 8.07. The number of carbonyl (C=O) groups excluding carboxylic acids is 1. The van der Waals surface area contributed by atoms with Crippen LogP contribution >= 0.6 is 13.5 Å². The molecule has 182 valence electrons. The molecule has 0 fully saturated rings. The topological polar surface area (TPSA) is 88.0 Å². The molecule has 4 rings (SSSR count). The smallest absolute Gasteiger partial charge is 0.364 e. The third kappa shape index (κ3) is 4.81. The van der Waals surface area contributed by atoms with Crippen LogP contribution in [-0.2, 0) is 17.5 Å². The van der Waals surface area contributed by atoms with Crippen molar-refractivity contribution in [1.82, 2.24) is 20.0 Å². The van der Waals surface area contributed by atoms with Gasteiger partial charge < -0.3 is 15.5 Å². The molecule has 0 spiro atoms. The Labute approximate surface area is 202 Å². The van der Waals surface area contributed by atoms with Crippen molar-refractivity contribution in [2.45, 2.75) is 45.6 Å². The van der Waals surface area contributed by atoms with Crippen LogP contribution in [0.4, 0.5) is 30.4 Å². The third-order valence-electron chi connectivity index (χ3n) is 5.89. The minimum Gasteiger partial charge on any atom is -0.364 e. The van der Waals surface area contributed by atoms with Crippen LogP contribution in [0, 0.1) is 6.92 Å². The molecule has 0 bridgehead atoms. The molecule has 0 saturated carbocycles. The number of carbonyl (C=O) groups is 1. The largest absolute Gasteiger partial charge is 0.416 e. The summed E-state index contributed by atoms with van der Waals surface area (Å²) in [5, 5.41) is 14.2. The molecule has 12 heteroatoms. The fourth-order valence-electron chi connectivity index (χ4n) is 3.82. The number of fused-ring (bicyclic) bond motifs is 1. The van der Waals surface area contributed by atoms with Crippen LogP contribution in [0.15, 0.2) is 36.5 Å². The van der Waals surface area contributed by atoms with Gasteiger partial charge in [0.25, 0.3) is 0 Å². The highest BCUT2D eigenvalue weighted by Gasteiger charge is 2.34. The molecule has 2 atom stereocenters. The van der Waals surface area contributed by atoms with Crippen LogP contribution in [0.3, 0.4) is 0 Å². The number of benzene rings is 1. The minimum atomic E-state index is -4.45. The number of aromatic nitrogens is 4. The van der Waals surface area contributed by atoms with Gasteiger partial charge in [-0.3, -0.25) is 4.79 Å². The first-order chi connectivity index (χ1) is 15.6. The summed E-state index contributed by atoms with van der Waals surface area (Å²) in [7, 11) is 1.84. The van der Waals surface area contributed by atoms with Crippen molar-refractivity contribution in [2.75, 3.05) is 22.6 Å². The van der Waals surface area contributed by atoms with Crippen LogP contribution in [0.2, 0.25) is 0 Å². The van der Waals surface area contributed by atoms with Crippen molar-refractivity contribution in [2.24, 2.45) is 0 Å². The quantitative estimate of drug-likeness (QED) is 0.556. The zero-order chi connectivity index (χ0) is 23.9. The van der Waals surface area contributed by atoms with E-state index < -0.39 is 17.8 Å². The SMILES string of the molecule is Cc1nc(NCc2cn(C(C)c3ccccc3C(F)(F)F)nn2)cc2c1NC(=O)[C@H](C)N2C.S. The van der Waals surface area contributed by atoms with Crippen molar-refractivity contribution in [1.29, 1.82) is 0 Å². The van der Waals surface area contributed by atoms with Gasteiger partial charge in [-0.05, 0) is 32.4 Å². The summed E-state index contributed by atoms with van der Waals surface area (Å²) in [6, 6.07) is 6.33. The van der Waals surface area contributed by atoms with E-state index in [2.05, 4.69) is 25.9 Å². The molecule has 1 unspecified atom stereocenters. The highest BCUT2D eigenvalue weighted by molar-refractivity contribution is 7.59. The monoisotopic (exact) mass is 493 g/mol. The van der Waals surface area contributed by atoms with E-state index in [1.54, 1.807) is 19.2 Å². The van der Waals surface area contributed by atoms with Crippen LogP contribution in [-0.4, -0.2) is 39.0 Å². The maximum atomic E-state index is 13.4. The number of amides is 1. The van der Waals surface area contributed by atoms with Gasteiger partial charge in [-0.1, -0.05) is 23.4 Å². The first-order valence-corrected chi connectivity index (χ1v) is 10.4. The van der Waals surface area contributed by atoms with E-state index in [-0.39, 0.29) is 37.6 Å². The number of rotatable bonds is 5. The number of hydrogen-bond acceptors (Lipinski definition) is 6. The average Bonchev–Trinajstić information content (AvgIpc) is 3.25. The highest BCUT2D eigenvalue weighted by atomic mass is 32.1. The van der Waals surface area contributed by atoms with Crippen LogP contribution < -0.4 is 15.5 Å². The summed E-state index contributed by atoms with van der Waals surface area (Å²) in [5.74, 6) is 0.500. The Morgan fingerprint density at radius 1 is 1.26 bits per heavy atom. The highest BCUT2D eigenvalue weighted by Crippen LogP contribution is 2.36. The first kappa shape index (κ1) is 25.3. The molecule has 2 aromatic heterocycles. The Hall–Kier alpha value is -3.28. The third-order valence-corrected chi connectivity index (χ3v) is 5.89. The summed E-state index contributed by atoms with van der Waals surface area (Å²) in [5.41, 5.74) is 2.18. The number of pyridine rings is 1. The van der Waals surface area contributed by atoms with Gasteiger partial charge in [0.2, 0.25) is 5.91 Å². The second-order valence-corrected chi connectivity index (χ2v) is 8.07. The molecule has 1 aromatic carbocycles. The zero-order valence-electron chi connectivity index (χ0n) is 19.1. The molecule has 1 aliphatic rings. The second kappa shape index (κ2) is 9.53. The minimum absolute atomic E-state index is 0. The Bertz CT molecular complexity index is 1200. The summed E-state index contributed by atoms with van der Waals surface area (Å²) in [6.45, 7) is 5.56. The summed E-state index contributed by atoms with van der Waals surface area (Å²) in [4.78, 5) is 18.4. The van der Waals surface area contributed by atoms with Crippen LogP contribution in [0.25, 0.3) is 0 Å². The lowest BCUT2D eigenvalue weighted by molar-refractivity contribution is -0.138.